The van der Waals surface area contributed by atoms with Gasteiger partial charge in [-0.15, -0.1) is 12.4 Å². The molecule has 0 fully saturated rings. The van der Waals surface area contributed by atoms with E-state index >= 15 is 0 Å². The maximum Gasteiger partial charge on any atom is 0.230 e. The van der Waals surface area contributed by atoms with Gasteiger partial charge in [-0.05, 0) is 38.1 Å². The lowest BCUT2D eigenvalue weighted by atomic mass is 9.84. The largest absolute Gasteiger partial charge is 0.354 e. The molecule has 0 aliphatic rings. The molecule has 0 saturated heterocycles. The van der Waals surface area contributed by atoms with E-state index in [-0.39, 0.29) is 18.3 Å². The Morgan fingerprint density at radius 1 is 1.32 bits per heavy atom. The highest BCUT2D eigenvalue weighted by Gasteiger charge is 2.29. The first-order valence-corrected chi connectivity index (χ1v) is 6.61. The Morgan fingerprint density at radius 2 is 2.00 bits per heavy atom. The normalized spacial score (nSPS) is 10.7. The van der Waals surface area contributed by atoms with E-state index in [0.717, 1.165) is 18.7 Å². The molecule has 2 N–H and O–H groups in total. The minimum Gasteiger partial charge on any atom is -0.354 e. The highest BCUT2D eigenvalue weighted by Crippen LogP contribution is 2.25. The predicted octanol–water partition coefficient (Wildman–Crippen LogP) is 2.77. The van der Waals surface area contributed by atoms with Gasteiger partial charge >= 0.3 is 0 Å². The van der Waals surface area contributed by atoms with Gasteiger partial charge in [0.15, 0.2) is 0 Å². The Balaban J connectivity index is 0.00000324. The van der Waals surface area contributed by atoms with Crippen molar-refractivity contribution in [2.24, 2.45) is 0 Å². The molecule has 5 heteroatoms. The molecule has 1 aromatic carbocycles. The Labute approximate surface area is 126 Å². The lowest BCUT2D eigenvalue weighted by molar-refractivity contribution is -0.125. The predicted molar refractivity (Wildman–Crippen MR) is 83.3 cm³/mol. The summed E-state index contributed by atoms with van der Waals surface area (Å²) in [6, 6.07) is 7.44. The maximum atomic E-state index is 12.2. The third-order valence-electron chi connectivity index (χ3n) is 2.95. The van der Waals surface area contributed by atoms with Crippen molar-refractivity contribution in [3.05, 3.63) is 34.9 Å². The second-order valence-electron chi connectivity index (χ2n) is 4.74. The summed E-state index contributed by atoms with van der Waals surface area (Å²) in [6.07, 6.45) is 0. The molecule has 0 heterocycles. The molecule has 108 valence electrons. The number of benzene rings is 1. The van der Waals surface area contributed by atoms with E-state index in [9.17, 15) is 4.79 Å². The number of amides is 1. The van der Waals surface area contributed by atoms with Crippen LogP contribution in [-0.2, 0) is 10.2 Å². The molecule has 3 nitrogen and oxygen atoms in total. The molecular formula is C14H22Cl2N2O. The molecule has 0 atom stereocenters. The lowest BCUT2D eigenvalue weighted by Gasteiger charge is -2.24. The molecule has 0 spiro atoms. The molecule has 1 rings (SSSR count). The first-order valence-electron chi connectivity index (χ1n) is 6.23. The van der Waals surface area contributed by atoms with Crippen LogP contribution in [0.1, 0.15) is 26.3 Å². The molecule has 0 aliphatic carbocycles. The van der Waals surface area contributed by atoms with Crippen molar-refractivity contribution in [1.29, 1.82) is 0 Å². The number of rotatable bonds is 6. The van der Waals surface area contributed by atoms with Crippen LogP contribution in [-0.4, -0.2) is 25.5 Å². The minimum absolute atomic E-state index is 0. The van der Waals surface area contributed by atoms with Crippen LogP contribution in [0, 0.1) is 0 Å². The summed E-state index contributed by atoms with van der Waals surface area (Å²) < 4.78 is 0. The first-order chi connectivity index (χ1) is 8.48. The van der Waals surface area contributed by atoms with Crippen molar-refractivity contribution >= 4 is 29.9 Å². The summed E-state index contributed by atoms with van der Waals surface area (Å²) in [5.41, 5.74) is 0.354. The van der Waals surface area contributed by atoms with Gasteiger partial charge in [0.05, 0.1) is 5.41 Å². The molecular weight excluding hydrogens is 283 g/mol. The van der Waals surface area contributed by atoms with E-state index in [1.54, 1.807) is 0 Å². The second-order valence-corrected chi connectivity index (χ2v) is 5.18. The Bertz CT molecular complexity index is 408. The van der Waals surface area contributed by atoms with E-state index in [1.807, 2.05) is 45.0 Å². The number of nitrogens with one attached hydrogen (secondary N) is 2. The summed E-state index contributed by atoms with van der Waals surface area (Å²) >= 11 is 5.96. The minimum atomic E-state index is -0.572. The molecule has 0 radical (unpaired) electrons. The van der Waals surface area contributed by atoms with Gasteiger partial charge in [0.25, 0.3) is 0 Å². The Kier molecular flexibility index (Phi) is 8.07. The van der Waals surface area contributed by atoms with Crippen LogP contribution >= 0.6 is 24.0 Å². The molecule has 0 aromatic heterocycles. The van der Waals surface area contributed by atoms with Gasteiger partial charge in [0.2, 0.25) is 5.91 Å². The van der Waals surface area contributed by atoms with Crippen LogP contribution in [0.3, 0.4) is 0 Å². The van der Waals surface area contributed by atoms with Crippen molar-refractivity contribution in [3.63, 3.8) is 0 Å². The van der Waals surface area contributed by atoms with Gasteiger partial charge in [0.1, 0.15) is 0 Å². The average Bonchev–Trinajstić information content (AvgIpc) is 2.34. The molecule has 0 unspecified atom stereocenters. The van der Waals surface area contributed by atoms with E-state index in [1.165, 1.54) is 0 Å². The Morgan fingerprint density at radius 3 is 2.58 bits per heavy atom. The van der Waals surface area contributed by atoms with Gasteiger partial charge in [-0.25, -0.2) is 0 Å². The summed E-state index contributed by atoms with van der Waals surface area (Å²) in [5.74, 6) is 0.0164. The van der Waals surface area contributed by atoms with Crippen molar-refractivity contribution in [2.45, 2.75) is 26.2 Å². The fraction of sp³-hybridized carbons (Fsp3) is 0.500. The number of carbonyl (C=O) groups excluding carboxylic acids is 1. The smallest absolute Gasteiger partial charge is 0.230 e. The van der Waals surface area contributed by atoms with Gasteiger partial charge in [0, 0.05) is 18.1 Å². The molecule has 0 aliphatic heterocycles. The van der Waals surface area contributed by atoms with Gasteiger partial charge in [-0.2, -0.15) is 0 Å². The van der Waals surface area contributed by atoms with Crippen molar-refractivity contribution in [1.82, 2.24) is 10.6 Å². The number of likely N-dealkylation sites (N-methyl/N-ethyl adjacent to an activating group) is 1. The van der Waals surface area contributed by atoms with Crippen molar-refractivity contribution in [2.75, 3.05) is 19.6 Å². The number of hydrogen-bond acceptors (Lipinski definition) is 2. The quantitative estimate of drug-likeness (QED) is 0.794. The average molecular weight is 305 g/mol. The monoisotopic (exact) mass is 304 g/mol. The molecule has 0 bridgehead atoms. The van der Waals surface area contributed by atoms with E-state index < -0.39 is 5.41 Å². The summed E-state index contributed by atoms with van der Waals surface area (Å²) in [6.45, 7) is 8.18. The molecule has 1 aromatic rings. The van der Waals surface area contributed by atoms with E-state index in [4.69, 9.17) is 11.6 Å². The van der Waals surface area contributed by atoms with Crippen LogP contribution in [0.25, 0.3) is 0 Å². The van der Waals surface area contributed by atoms with Crippen LogP contribution in [0.15, 0.2) is 24.3 Å². The molecule has 1 amide bonds. The second kappa shape index (κ2) is 8.41. The fourth-order valence-corrected chi connectivity index (χ4v) is 1.86. The zero-order valence-electron chi connectivity index (χ0n) is 11.6. The summed E-state index contributed by atoms with van der Waals surface area (Å²) in [5, 5.41) is 6.75. The number of halogens is 2. The summed E-state index contributed by atoms with van der Waals surface area (Å²) in [4.78, 5) is 12.2. The third kappa shape index (κ3) is 5.39. The van der Waals surface area contributed by atoms with Crippen molar-refractivity contribution in [3.8, 4) is 0 Å². The van der Waals surface area contributed by atoms with Gasteiger partial charge in [-0.3, -0.25) is 4.79 Å². The first kappa shape index (κ1) is 18.2. The molecule has 19 heavy (non-hydrogen) atoms. The lowest BCUT2D eigenvalue weighted by Crippen LogP contribution is -2.42. The molecule has 0 saturated carbocycles. The Hall–Kier alpha value is -0.770. The standard InChI is InChI=1S/C14H21ClN2O.ClH/c1-4-16-8-9-17-13(18)14(2,3)11-6-5-7-12(15)10-11;/h5-7,10,16H,4,8-9H2,1-3H3,(H,17,18);1H. The van der Waals surface area contributed by atoms with Crippen LogP contribution < -0.4 is 10.6 Å². The SMILES string of the molecule is CCNCCNC(=O)C(C)(C)c1cccc(Cl)c1.Cl. The number of hydrogen-bond donors (Lipinski definition) is 2. The number of carbonyl (C=O) groups is 1. The highest BCUT2D eigenvalue weighted by molar-refractivity contribution is 6.30. The zero-order valence-corrected chi connectivity index (χ0v) is 13.2. The van der Waals surface area contributed by atoms with Gasteiger partial charge in [-0.1, -0.05) is 30.7 Å². The highest BCUT2D eigenvalue weighted by atomic mass is 35.5. The maximum absolute atomic E-state index is 12.2. The zero-order chi connectivity index (χ0) is 13.6. The fourth-order valence-electron chi connectivity index (χ4n) is 1.67. The van der Waals surface area contributed by atoms with Crippen LogP contribution in [0.4, 0.5) is 0 Å². The van der Waals surface area contributed by atoms with Crippen molar-refractivity contribution < 1.29 is 4.79 Å². The van der Waals surface area contributed by atoms with Crippen LogP contribution in [0.2, 0.25) is 5.02 Å². The van der Waals surface area contributed by atoms with Gasteiger partial charge < -0.3 is 10.6 Å². The third-order valence-corrected chi connectivity index (χ3v) is 3.19. The van der Waals surface area contributed by atoms with E-state index in [2.05, 4.69) is 10.6 Å². The van der Waals surface area contributed by atoms with E-state index in [0.29, 0.717) is 11.6 Å². The van der Waals surface area contributed by atoms with Crippen LogP contribution in [0.5, 0.6) is 0 Å². The topological polar surface area (TPSA) is 41.1 Å². The summed E-state index contributed by atoms with van der Waals surface area (Å²) in [7, 11) is 0.